The van der Waals surface area contributed by atoms with Gasteiger partial charge in [0, 0.05) is 17.1 Å². The molecule has 40 heavy (non-hydrogen) atoms. The summed E-state index contributed by atoms with van der Waals surface area (Å²) in [5, 5.41) is 3.47. The summed E-state index contributed by atoms with van der Waals surface area (Å²) in [5.74, 6) is -0.852. The van der Waals surface area contributed by atoms with Crippen LogP contribution >= 0.6 is 11.6 Å². The van der Waals surface area contributed by atoms with Gasteiger partial charge < -0.3 is 10.2 Å². The fourth-order valence-electron chi connectivity index (χ4n) is 4.09. The van der Waals surface area contributed by atoms with E-state index in [0.717, 1.165) is 26.6 Å². The summed E-state index contributed by atoms with van der Waals surface area (Å²) < 4.78 is 29.0. The Bertz CT molecular complexity index is 1460. The topological polar surface area (TPSA) is 86.8 Å². The number of sulfonamides is 1. The average Bonchev–Trinajstić information content (AvgIpc) is 2.87. The molecule has 0 heterocycles. The molecule has 3 aromatic rings. The lowest BCUT2D eigenvalue weighted by atomic mass is 10.1. The van der Waals surface area contributed by atoms with E-state index in [9.17, 15) is 18.0 Å². The maximum absolute atomic E-state index is 14.0. The maximum Gasteiger partial charge on any atom is 0.264 e. The highest BCUT2D eigenvalue weighted by molar-refractivity contribution is 7.92. The van der Waals surface area contributed by atoms with E-state index < -0.39 is 34.1 Å². The molecule has 3 rings (SSSR count). The summed E-state index contributed by atoms with van der Waals surface area (Å²) in [6, 6.07) is 17.9. The van der Waals surface area contributed by atoms with Crippen molar-refractivity contribution in [1.29, 1.82) is 0 Å². The van der Waals surface area contributed by atoms with E-state index in [1.165, 1.54) is 17.0 Å². The molecule has 0 radical (unpaired) electrons. The molecular weight excluding hydrogens is 546 g/mol. The number of carbonyl (C=O) groups is 2. The van der Waals surface area contributed by atoms with Gasteiger partial charge in [-0.2, -0.15) is 0 Å². The molecule has 0 unspecified atom stereocenters. The molecule has 0 saturated carbocycles. The number of halogens is 1. The van der Waals surface area contributed by atoms with Crippen LogP contribution in [-0.2, 0) is 26.2 Å². The van der Waals surface area contributed by atoms with E-state index in [-0.39, 0.29) is 17.3 Å². The molecule has 2 amide bonds. The number of hydrogen-bond donors (Lipinski definition) is 1. The van der Waals surface area contributed by atoms with Gasteiger partial charge in [0.2, 0.25) is 11.8 Å². The van der Waals surface area contributed by atoms with Gasteiger partial charge in [-0.1, -0.05) is 47.5 Å². The Morgan fingerprint density at radius 1 is 0.900 bits per heavy atom. The molecule has 7 nitrogen and oxygen atoms in total. The highest BCUT2D eigenvalue weighted by Gasteiger charge is 2.33. The molecule has 1 N–H and O–H groups in total. The number of benzene rings is 3. The summed E-state index contributed by atoms with van der Waals surface area (Å²) in [5.41, 5.74) is 3.42. The van der Waals surface area contributed by atoms with Crippen LogP contribution in [0.25, 0.3) is 0 Å². The number of nitrogens with zero attached hydrogens (tertiary/aromatic N) is 2. The highest BCUT2D eigenvalue weighted by Crippen LogP contribution is 2.27. The Morgan fingerprint density at radius 3 is 2.05 bits per heavy atom. The molecule has 9 heteroatoms. The molecular formula is C31H38ClN3O4S. The van der Waals surface area contributed by atoms with Crippen LogP contribution in [0, 0.1) is 20.8 Å². The van der Waals surface area contributed by atoms with Crippen molar-refractivity contribution in [3.63, 3.8) is 0 Å². The third-order valence-electron chi connectivity index (χ3n) is 6.60. The van der Waals surface area contributed by atoms with Gasteiger partial charge >= 0.3 is 0 Å². The summed E-state index contributed by atoms with van der Waals surface area (Å²) >= 11 is 6.06. The van der Waals surface area contributed by atoms with Crippen molar-refractivity contribution in [2.75, 3.05) is 10.8 Å². The van der Waals surface area contributed by atoms with Gasteiger partial charge in [0.15, 0.2) is 0 Å². The second kappa shape index (κ2) is 12.4. The van der Waals surface area contributed by atoms with Crippen LogP contribution in [0.5, 0.6) is 0 Å². The number of anilines is 1. The summed E-state index contributed by atoms with van der Waals surface area (Å²) in [6.07, 6.45) is 0. The van der Waals surface area contributed by atoms with E-state index in [0.29, 0.717) is 10.7 Å². The van der Waals surface area contributed by atoms with Crippen molar-refractivity contribution in [2.45, 2.75) is 71.5 Å². The van der Waals surface area contributed by atoms with Gasteiger partial charge in [-0.05, 0) is 102 Å². The first-order valence-corrected chi connectivity index (χ1v) is 14.9. The van der Waals surface area contributed by atoms with Crippen molar-refractivity contribution in [2.24, 2.45) is 0 Å². The lowest BCUT2D eigenvalue weighted by Gasteiger charge is -2.33. The molecule has 0 aliphatic carbocycles. The molecule has 0 aromatic heterocycles. The van der Waals surface area contributed by atoms with Crippen LogP contribution in [0.4, 0.5) is 5.69 Å². The van der Waals surface area contributed by atoms with Gasteiger partial charge in [-0.25, -0.2) is 8.42 Å². The zero-order chi connectivity index (χ0) is 29.8. The number of amides is 2. The van der Waals surface area contributed by atoms with E-state index in [4.69, 9.17) is 11.6 Å². The van der Waals surface area contributed by atoms with Gasteiger partial charge in [-0.15, -0.1) is 0 Å². The second-order valence-electron chi connectivity index (χ2n) is 11.2. The quantitative estimate of drug-likeness (QED) is 0.345. The summed E-state index contributed by atoms with van der Waals surface area (Å²) in [7, 11) is -4.11. The minimum atomic E-state index is -4.11. The number of nitrogens with one attached hydrogen (secondary N) is 1. The van der Waals surface area contributed by atoms with Gasteiger partial charge in [0.25, 0.3) is 10.0 Å². The molecule has 1 atom stereocenters. The smallest absolute Gasteiger partial charge is 0.264 e. The van der Waals surface area contributed by atoms with Crippen molar-refractivity contribution in [1.82, 2.24) is 10.2 Å². The average molecular weight is 584 g/mol. The number of aryl methyl sites for hydroxylation is 3. The third-order valence-corrected chi connectivity index (χ3v) is 8.64. The highest BCUT2D eigenvalue weighted by atomic mass is 35.5. The zero-order valence-electron chi connectivity index (χ0n) is 24.2. The zero-order valence-corrected chi connectivity index (χ0v) is 25.7. The van der Waals surface area contributed by atoms with Gasteiger partial charge in [0.1, 0.15) is 12.6 Å². The first kappa shape index (κ1) is 31.2. The minimum absolute atomic E-state index is 0.0758. The Kier molecular flexibility index (Phi) is 9.69. The number of carbonyl (C=O) groups excluding carboxylic acids is 2. The van der Waals surface area contributed by atoms with Crippen LogP contribution in [0.15, 0.2) is 71.6 Å². The van der Waals surface area contributed by atoms with Crippen molar-refractivity contribution >= 4 is 39.1 Å². The Balaban J connectivity index is 2.06. The van der Waals surface area contributed by atoms with Crippen molar-refractivity contribution < 1.29 is 18.0 Å². The summed E-state index contributed by atoms with van der Waals surface area (Å²) in [6.45, 7) is 12.5. The molecule has 0 fully saturated rings. The molecule has 0 aliphatic heterocycles. The lowest BCUT2D eigenvalue weighted by molar-refractivity contribution is -0.140. The molecule has 0 aliphatic rings. The SMILES string of the molecule is Cc1ccc(S(=O)(=O)N(CC(=O)N(Cc2ccc(Cl)cc2)[C@@H](C)C(=O)NC(C)(C)C)c2ccc(C)c(C)c2)cc1. The van der Waals surface area contributed by atoms with Crippen LogP contribution in [0.1, 0.15) is 49.9 Å². The normalized spacial score (nSPS) is 12.5. The molecule has 0 saturated heterocycles. The monoisotopic (exact) mass is 583 g/mol. The maximum atomic E-state index is 14.0. The van der Waals surface area contributed by atoms with E-state index in [2.05, 4.69) is 5.32 Å². The van der Waals surface area contributed by atoms with Crippen molar-refractivity contribution in [3.8, 4) is 0 Å². The predicted octanol–water partition coefficient (Wildman–Crippen LogP) is 5.79. The molecule has 3 aromatic carbocycles. The van der Waals surface area contributed by atoms with Crippen molar-refractivity contribution in [3.05, 3.63) is 94.0 Å². The van der Waals surface area contributed by atoms with E-state index in [1.807, 2.05) is 47.6 Å². The second-order valence-corrected chi connectivity index (χ2v) is 13.5. The first-order chi connectivity index (χ1) is 18.6. The summed E-state index contributed by atoms with van der Waals surface area (Å²) in [4.78, 5) is 28.7. The van der Waals surface area contributed by atoms with Crippen LogP contribution in [0.3, 0.4) is 0 Å². The first-order valence-electron chi connectivity index (χ1n) is 13.1. The Labute approximate surface area is 243 Å². The molecule has 214 valence electrons. The van der Waals surface area contributed by atoms with E-state index >= 15 is 0 Å². The largest absolute Gasteiger partial charge is 0.350 e. The molecule has 0 bridgehead atoms. The Hall–Kier alpha value is -3.36. The number of hydrogen-bond acceptors (Lipinski definition) is 4. The van der Waals surface area contributed by atoms with Gasteiger partial charge in [-0.3, -0.25) is 13.9 Å². The minimum Gasteiger partial charge on any atom is -0.350 e. The fraction of sp³-hybridized carbons (Fsp3) is 0.355. The van der Waals surface area contributed by atoms with Gasteiger partial charge in [0.05, 0.1) is 10.6 Å². The number of rotatable bonds is 9. The van der Waals surface area contributed by atoms with Crippen LogP contribution in [-0.4, -0.2) is 43.3 Å². The fourth-order valence-corrected chi connectivity index (χ4v) is 5.62. The van der Waals surface area contributed by atoms with E-state index in [1.54, 1.807) is 55.5 Å². The lowest BCUT2D eigenvalue weighted by Crippen LogP contribution is -2.54. The Morgan fingerprint density at radius 2 is 1.50 bits per heavy atom. The molecule has 0 spiro atoms. The standard InChI is InChI=1S/C31H38ClN3O4S/c1-21-8-16-28(17-9-21)40(38,39)35(27-15-10-22(2)23(3)18-27)20-29(36)34(19-25-11-13-26(32)14-12-25)24(4)30(37)33-31(5,6)7/h8-18,24H,19-20H2,1-7H3,(H,33,37)/t24-/m0/s1. The van der Waals surface area contributed by atoms with Crippen LogP contribution in [0.2, 0.25) is 5.02 Å². The van der Waals surface area contributed by atoms with Crippen LogP contribution < -0.4 is 9.62 Å². The third kappa shape index (κ3) is 7.86. The predicted molar refractivity (Wildman–Crippen MR) is 161 cm³/mol.